The molecule has 0 bridgehead atoms. The summed E-state index contributed by atoms with van der Waals surface area (Å²) in [5, 5.41) is 18.9. The maximum Gasteiger partial charge on any atom is 0.272 e. The Kier molecular flexibility index (Phi) is 11.1. The number of anilines is 2. The van der Waals surface area contributed by atoms with Crippen molar-refractivity contribution in [3.8, 4) is 11.5 Å². The van der Waals surface area contributed by atoms with Crippen molar-refractivity contribution in [2.75, 3.05) is 24.9 Å². The third kappa shape index (κ3) is 8.51. The largest absolute Gasteiger partial charge is 0.493 e. The molecule has 0 heterocycles. The van der Waals surface area contributed by atoms with Gasteiger partial charge < -0.3 is 25.4 Å². The van der Waals surface area contributed by atoms with Crippen LogP contribution in [-0.4, -0.2) is 42.1 Å². The van der Waals surface area contributed by atoms with Crippen LogP contribution in [0.4, 0.5) is 17.1 Å². The molecule has 0 spiro atoms. The molecule has 11 nitrogen and oxygen atoms in total. The highest BCUT2D eigenvalue weighted by Gasteiger charge is 2.19. The number of carbonyl (C=O) groups is 3. The van der Waals surface area contributed by atoms with E-state index in [9.17, 15) is 24.5 Å². The van der Waals surface area contributed by atoms with Gasteiger partial charge in [0.1, 0.15) is 5.70 Å². The molecule has 0 aromatic heterocycles. The van der Waals surface area contributed by atoms with Gasteiger partial charge >= 0.3 is 0 Å². The smallest absolute Gasteiger partial charge is 0.272 e. The first-order valence-electron chi connectivity index (χ1n) is 14.0. The number of ether oxygens (including phenoxy) is 2. The molecule has 1 atom stereocenters. The summed E-state index contributed by atoms with van der Waals surface area (Å²) in [7, 11) is 2.99. The summed E-state index contributed by atoms with van der Waals surface area (Å²) in [6, 6.07) is 24.9. The van der Waals surface area contributed by atoms with Crippen molar-refractivity contribution in [1.29, 1.82) is 0 Å². The Hall–Kier alpha value is -5.62. The predicted octanol–water partition coefficient (Wildman–Crippen LogP) is 6.45. The van der Waals surface area contributed by atoms with Crippen molar-refractivity contribution in [3.05, 3.63) is 123 Å². The molecule has 3 N–H and O–H groups in total. The van der Waals surface area contributed by atoms with E-state index in [1.807, 2.05) is 0 Å². The molecule has 0 radical (unpaired) electrons. The van der Waals surface area contributed by atoms with E-state index in [1.165, 1.54) is 44.2 Å². The number of nitrogens with zero attached hydrogens (tertiary/aromatic N) is 1. The van der Waals surface area contributed by atoms with E-state index < -0.39 is 22.0 Å². The number of nitro groups is 1. The van der Waals surface area contributed by atoms with Crippen LogP contribution in [0.25, 0.3) is 6.08 Å². The van der Waals surface area contributed by atoms with Gasteiger partial charge in [0.25, 0.3) is 17.5 Å². The highest BCUT2D eigenvalue weighted by atomic mass is 32.2. The second kappa shape index (κ2) is 15.4. The average Bonchev–Trinajstić information content (AvgIpc) is 3.06. The van der Waals surface area contributed by atoms with Gasteiger partial charge in [-0.3, -0.25) is 24.5 Å². The van der Waals surface area contributed by atoms with E-state index >= 15 is 0 Å². The number of thioether (sulfide) groups is 1. The van der Waals surface area contributed by atoms with Gasteiger partial charge in [-0.1, -0.05) is 36.4 Å². The molecule has 0 aliphatic rings. The van der Waals surface area contributed by atoms with Gasteiger partial charge in [0.15, 0.2) is 11.5 Å². The summed E-state index contributed by atoms with van der Waals surface area (Å²) in [6.45, 7) is 3.48. The topological polar surface area (TPSA) is 149 Å². The van der Waals surface area contributed by atoms with Gasteiger partial charge in [-0.15, -0.1) is 11.8 Å². The van der Waals surface area contributed by atoms with Crippen molar-refractivity contribution in [2.45, 2.75) is 24.0 Å². The fourth-order valence-corrected chi connectivity index (χ4v) is 5.16. The number of benzene rings is 4. The van der Waals surface area contributed by atoms with Crippen LogP contribution in [0.5, 0.6) is 11.5 Å². The van der Waals surface area contributed by atoms with E-state index in [4.69, 9.17) is 9.47 Å². The normalized spacial score (nSPS) is 11.6. The second-order valence-electron chi connectivity index (χ2n) is 9.95. The Bertz CT molecular complexity index is 1780. The van der Waals surface area contributed by atoms with Crippen molar-refractivity contribution in [2.24, 2.45) is 0 Å². The maximum absolute atomic E-state index is 13.5. The van der Waals surface area contributed by atoms with Crippen molar-refractivity contribution in [1.82, 2.24) is 5.32 Å². The molecule has 0 aliphatic carbocycles. The maximum atomic E-state index is 13.5. The molecule has 4 aromatic rings. The monoisotopic (exact) mass is 640 g/mol. The number of carbonyl (C=O) groups excluding carboxylic acids is 3. The van der Waals surface area contributed by atoms with Gasteiger partial charge in [0.2, 0.25) is 5.91 Å². The summed E-state index contributed by atoms with van der Waals surface area (Å²) in [4.78, 5) is 50.7. The van der Waals surface area contributed by atoms with Crippen LogP contribution in [0.1, 0.15) is 28.4 Å². The lowest BCUT2D eigenvalue weighted by atomic mass is 10.1. The molecule has 1 unspecified atom stereocenters. The Morgan fingerprint density at radius 2 is 1.61 bits per heavy atom. The van der Waals surface area contributed by atoms with Gasteiger partial charge in [-0.05, 0) is 68.0 Å². The number of aryl methyl sites for hydroxylation is 1. The number of non-ortho nitro benzene ring substituents is 1. The Balaban J connectivity index is 1.49. The van der Waals surface area contributed by atoms with Crippen LogP contribution >= 0.6 is 11.8 Å². The van der Waals surface area contributed by atoms with Crippen LogP contribution < -0.4 is 25.4 Å². The molecular formula is C34H32N4O7S. The molecule has 0 saturated heterocycles. The molecule has 0 saturated carbocycles. The van der Waals surface area contributed by atoms with Crippen molar-refractivity contribution >= 4 is 52.6 Å². The predicted molar refractivity (Wildman–Crippen MR) is 178 cm³/mol. The van der Waals surface area contributed by atoms with Crippen molar-refractivity contribution in [3.63, 3.8) is 0 Å². The van der Waals surface area contributed by atoms with Gasteiger partial charge in [-0.25, -0.2) is 0 Å². The SMILES string of the molecule is COc1cccc(/C=C(\NC(=O)c2ccccc2)C(=O)Nc2ccc(SC(C)C(=O)Nc3cc([N+](=O)[O-])ccc3C)cc2)c1OC. The van der Waals surface area contributed by atoms with E-state index in [-0.39, 0.29) is 17.3 Å². The Morgan fingerprint density at radius 1 is 0.891 bits per heavy atom. The minimum Gasteiger partial charge on any atom is -0.493 e. The summed E-state index contributed by atoms with van der Waals surface area (Å²) in [6.07, 6.45) is 1.51. The fourth-order valence-electron chi connectivity index (χ4n) is 4.29. The lowest BCUT2D eigenvalue weighted by molar-refractivity contribution is -0.384. The number of nitrogens with one attached hydrogen (secondary N) is 3. The number of para-hydroxylation sites is 1. The van der Waals surface area contributed by atoms with Gasteiger partial charge in [-0.2, -0.15) is 0 Å². The van der Waals surface area contributed by atoms with Crippen LogP contribution in [0, 0.1) is 17.0 Å². The van der Waals surface area contributed by atoms with E-state index in [1.54, 1.807) is 92.7 Å². The van der Waals surface area contributed by atoms with Gasteiger partial charge in [0, 0.05) is 33.8 Å². The lowest BCUT2D eigenvalue weighted by Gasteiger charge is -2.15. The summed E-state index contributed by atoms with van der Waals surface area (Å²) in [5.41, 5.74) is 2.28. The first kappa shape index (κ1) is 33.3. The third-order valence-corrected chi connectivity index (χ3v) is 7.86. The number of amides is 3. The zero-order valence-corrected chi connectivity index (χ0v) is 26.3. The molecule has 4 aromatic carbocycles. The molecular weight excluding hydrogens is 608 g/mol. The number of nitro benzene ring substituents is 1. The summed E-state index contributed by atoms with van der Waals surface area (Å²) < 4.78 is 10.9. The minimum absolute atomic E-state index is 0.0272. The van der Waals surface area contributed by atoms with Crippen LogP contribution in [-0.2, 0) is 9.59 Å². The molecule has 12 heteroatoms. The van der Waals surface area contributed by atoms with Crippen molar-refractivity contribution < 1.29 is 28.8 Å². The second-order valence-corrected chi connectivity index (χ2v) is 11.4. The van der Waals surface area contributed by atoms with E-state index in [0.29, 0.717) is 39.6 Å². The van der Waals surface area contributed by atoms with Gasteiger partial charge in [0.05, 0.1) is 30.1 Å². The minimum atomic E-state index is -0.574. The zero-order chi connectivity index (χ0) is 33.2. The van der Waals surface area contributed by atoms with Crippen LogP contribution in [0.2, 0.25) is 0 Å². The highest BCUT2D eigenvalue weighted by molar-refractivity contribution is 8.00. The third-order valence-electron chi connectivity index (χ3n) is 6.75. The number of hydrogen-bond acceptors (Lipinski definition) is 8. The Labute approximate surface area is 270 Å². The molecule has 0 aliphatic heterocycles. The Morgan fingerprint density at radius 3 is 2.26 bits per heavy atom. The lowest BCUT2D eigenvalue weighted by Crippen LogP contribution is -2.30. The average molecular weight is 641 g/mol. The number of hydrogen-bond donors (Lipinski definition) is 3. The van der Waals surface area contributed by atoms with E-state index in [2.05, 4.69) is 16.0 Å². The zero-order valence-electron chi connectivity index (χ0n) is 25.5. The number of rotatable bonds is 12. The summed E-state index contributed by atoms with van der Waals surface area (Å²) >= 11 is 1.28. The van der Waals surface area contributed by atoms with Crippen LogP contribution in [0.15, 0.2) is 102 Å². The first-order chi connectivity index (χ1) is 22.1. The number of methoxy groups -OCH3 is 2. The molecule has 3 amide bonds. The molecule has 236 valence electrons. The molecule has 0 fully saturated rings. The fraction of sp³-hybridized carbons (Fsp3) is 0.147. The summed E-state index contributed by atoms with van der Waals surface area (Å²) in [5.74, 6) is -0.508. The quantitative estimate of drug-likeness (QED) is 0.0693. The highest BCUT2D eigenvalue weighted by Crippen LogP contribution is 2.32. The molecule has 4 rings (SSSR count). The van der Waals surface area contributed by atoms with E-state index in [0.717, 1.165) is 4.90 Å². The van der Waals surface area contributed by atoms with Crippen LogP contribution in [0.3, 0.4) is 0 Å². The first-order valence-corrected chi connectivity index (χ1v) is 14.9. The standard InChI is InChI=1S/C34H32N4O7S/c1-21-13-16-26(38(42)43)20-28(21)36-32(39)22(2)46-27-17-14-25(15-18-27)35-34(41)29(37-33(40)23-9-6-5-7-10-23)19-24-11-8-12-30(44-3)31(24)45-4/h5-20,22H,1-4H3,(H,35,41)(H,36,39)(H,37,40)/b29-19-. The molecule has 46 heavy (non-hydrogen) atoms.